The van der Waals surface area contributed by atoms with Crippen molar-refractivity contribution in [2.45, 2.75) is 39.7 Å². The van der Waals surface area contributed by atoms with Crippen LogP contribution in [0.4, 0.5) is 5.69 Å². The molecule has 19 heavy (non-hydrogen) atoms. The van der Waals surface area contributed by atoms with E-state index < -0.39 is 0 Å². The maximum atomic E-state index is 12.6. The number of hydrogen-bond donors (Lipinski definition) is 1. The van der Waals surface area contributed by atoms with Gasteiger partial charge in [0.1, 0.15) is 0 Å². The number of carbonyl (C=O) groups is 1. The van der Waals surface area contributed by atoms with Crippen LogP contribution in [0.1, 0.15) is 42.6 Å². The summed E-state index contributed by atoms with van der Waals surface area (Å²) < 4.78 is 0. The molecule has 0 spiro atoms. The third-order valence-electron chi connectivity index (χ3n) is 3.85. The molecular weight excluding hydrogens is 260 g/mol. The van der Waals surface area contributed by atoms with Gasteiger partial charge in [-0.3, -0.25) is 4.79 Å². The second-order valence-electron chi connectivity index (χ2n) is 5.43. The highest BCUT2D eigenvalue weighted by atomic mass is 35.5. The van der Waals surface area contributed by atoms with Gasteiger partial charge in [-0.05, 0) is 43.4 Å². The molecule has 1 aliphatic heterocycles. The minimum absolute atomic E-state index is 0. The van der Waals surface area contributed by atoms with Crippen LogP contribution in [-0.4, -0.2) is 23.4 Å². The molecule has 1 amide bonds. The lowest BCUT2D eigenvalue weighted by molar-refractivity contribution is 0.0729. The van der Waals surface area contributed by atoms with E-state index in [9.17, 15) is 4.79 Å². The van der Waals surface area contributed by atoms with E-state index in [1.54, 1.807) is 6.07 Å². The lowest BCUT2D eigenvalue weighted by Gasteiger charge is -2.24. The van der Waals surface area contributed by atoms with E-state index in [2.05, 4.69) is 13.8 Å². The third-order valence-corrected chi connectivity index (χ3v) is 3.85. The van der Waals surface area contributed by atoms with Crippen LogP contribution in [0.5, 0.6) is 0 Å². The van der Waals surface area contributed by atoms with Crippen molar-refractivity contribution in [2.75, 3.05) is 12.3 Å². The largest absolute Gasteiger partial charge is 0.399 e. The van der Waals surface area contributed by atoms with Gasteiger partial charge in [0.25, 0.3) is 5.91 Å². The van der Waals surface area contributed by atoms with Gasteiger partial charge >= 0.3 is 0 Å². The third kappa shape index (κ3) is 3.21. The number of nitrogens with zero attached hydrogens (tertiary/aromatic N) is 1. The second kappa shape index (κ2) is 6.29. The molecule has 1 fully saturated rings. The van der Waals surface area contributed by atoms with E-state index >= 15 is 0 Å². The molecule has 3 nitrogen and oxygen atoms in total. The van der Waals surface area contributed by atoms with Crippen LogP contribution in [0.3, 0.4) is 0 Å². The predicted octanol–water partition coefficient (Wildman–Crippen LogP) is 3.26. The minimum atomic E-state index is 0. The van der Waals surface area contributed by atoms with Gasteiger partial charge in [0, 0.05) is 23.8 Å². The van der Waals surface area contributed by atoms with Gasteiger partial charge in [-0.15, -0.1) is 12.4 Å². The molecule has 1 aliphatic rings. The van der Waals surface area contributed by atoms with Gasteiger partial charge in [0.15, 0.2) is 0 Å². The highest BCUT2D eigenvalue weighted by Gasteiger charge is 2.32. The van der Waals surface area contributed by atoms with Gasteiger partial charge < -0.3 is 10.6 Å². The molecule has 0 saturated carbocycles. The zero-order valence-corrected chi connectivity index (χ0v) is 12.7. The van der Waals surface area contributed by atoms with Crippen LogP contribution >= 0.6 is 12.4 Å². The molecule has 1 saturated heterocycles. The first-order valence-corrected chi connectivity index (χ1v) is 6.70. The van der Waals surface area contributed by atoms with E-state index in [4.69, 9.17) is 5.73 Å². The number of aryl methyl sites for hydroxylation is 1. The van der Waals surface area contributed by atoms with Crippen molar-refractivity contribution in [3.05, 3.63) is 29.3 Å². The predicted molar refractivity (Wildman–Crippen MR) is 81.7 cm³/mol. The Morgan fingerprint density at radius 3 is 2.79 bits per heavy atom. The Balaban J connectivity index is 0.00000180. The topological polar surface area (TPSA) is 46.3 Å². The van der Waals surface area contributed by atoms with Crippen molar-refractivity contribution in [2.24, 2.45) is 5.92 Å². The molecule has 0 aliphatic carbocycles. The standard InChI is InChI=1S/C15H22N2O.ClH/c1-4-13-7-10(2)9-17(13)15(18)14-8-12(16)6-5-11(14)3;/h5-6,8,10,13H,4,7,9,16H2,1-3H3;1H. The second-order valence-corrected chi connectivity index (χ2v) is 5.43. The molecule has 106 valence electrons. The Morgan fingerprint density at radius 1 is 1.47 bits per heavy atom. The van der Waals surface area contributed by atoms with E-state index in [-0.39, 0.29) is 18.3 Å². The highest BCUT2D eigenvalue weighted by Crippen LogP contribution is 2.27. The summed E-state index contributed by atoms with van der Waals surface area (Å²) in [6.45, 7) is 7.19. The maximum absolute atomic E-state index is 12.6. The lowest BCUT2D eigenvalue weighted by atomic mass is 10.0. The first kappa shape index (κ1) is 15.8. The Hall–Kier alpha value is -1.22. The molecule has 2 rings (SSSR count). The lowest BCUT2D eigenvalue weighted by Crippen LogP contribution is -2.35. The zero-order chi connectivity index (χ0) is 13.3. The first-order chi connectivity index (χ1) is 8.52. The number of nitrogens with two attached hydrogens (primary N) is 1. The normalized spacial score (nSPS) is 22.2. The van der Waals surface area contributed by atoms with Gasteiger partial charge in [0.2, 0.25) is 0 Å². The minimum Gasteiger partial charge on any atom is -0.399 e. The first-order valence-electron chi connectivity index (χ1n) is 6.70. The van der Waals surface area contributed by atoms with Crippen molar-refractivity contribution in [3.63, 3.8) is 0 Å². The molecule has 2 unspecified atom stereocenters. The number of halogens is 1. The maximum Gasteiger partial charge on any atom is 0.254 e. The molecule has 4 heteroatoms. The Morgan fingerprint density at radius 2 is 2.16 bits per heavy atom. The van der Waals surface area contributed by atoms with Crippen molar-refractivity contribution < 1.29 is 4.79 Å². The zero-order valence-electron chi connectivity index (χ0n) is 11.8. The number of hydrogen-bond acceptors (Lipinski definition) is 2. The van der Waals surface area contributed by atoms with Crippen molar-refractivity contribution in [1.29, 1.82) is 0 Å². The summed E-state index contributed by atoms with van der Waals surface area (Å²) in [5.74, 6) is 0.733. The average molecular weight is 283 g/mol. The van der Waals surface area contributed by atoms with Crippen LogP contribution < -0.4 is 5.73 Å². The van der Waals surface area contributed by atoms with E-state index in [1.165, 1.54) is 0 Å². The Bertz CT molecular complexity index is 461. The molecule has 1 heterocycles. The highest BCUT2D eigenvalue weighted by molar-refractivity contribution is 5.96. The smallest absolute Gasteiger partial charge is 0.254 e. The summed E-state index contributed by atoms with van der Waals surface area (Å²) in [5, 5.41) is 0. The average Bonchev–Trinajstić information content (AvgIpc) is 2.72. The van der Waals surface area contributed by atoms with E-state index in [0.29, 0.717) is 17.6 Å². The summed E-state index contributed by atoms with van der Waals surface area (Å²) in [7, 11) is 0. The van der Waals surface area contributed by atoms with Crippen molar-refractivity contribution in [3.8, 4) is 0 Å². The number of carbonyl (C=O) groups excluding carboxylic acids is 1. The summed E-state index contributed by atoms with van der Waals surface area (Å²) in [6.07, 6.45) is 2.14. The fourth-order valence-corrected chi connectivity index (χ4v) is 2.81. The Labute approximate surface area is 121 Å². The Kier molecular flexibility index (Phi) is 5.24. The number of nitrogen functional groups attached to an aromatic ring is 1. The van der Waals surface area contributed by atoms with Gasteiger partial charge in [-0.1, -0.05) is 19.9 Å². The monoisotopic (exact) mass is 282 g/mol. The van der Waals surface area contributed by atoms with Gasteiger partial charge in [0.05, 0.1) is 0 Å². The molecular formula is C15H23ClN2O. The quantitative estimate of drug-likeness (QED) is 0.847. The summed E-state index contributed by atoms with van der Waals surface area (Å²) in [6, 6.07) is 5.94. The van der Waals surface area contributed by atoms with Crippen molar-refractivity contribution >= 4 is 24.0 Å². The molecule has 2 N–H and O–H groups in total. The van der Waals surface area contributed by atoms with Crippen LogP contribution in [0.25, 0.3) is 0 Å². The van der Waals surface area contributed by atoms with Crippen LogP contribution in [-0.2, 0) is 0 Å². The number of benzene rings is 1. The number of rotatable bonds is 2. The number of amides is 1. The summed E-state index contributed by atoms with van der Waals surface area (Å²) >= 11 is 0. The van der Waals surface area contributed by atoms with Crippen LogP contribution in [0.2, 0.25) is 0 Å². The van der Waals surface area contributed by atoms with E-state index in [1.807, 2.05) is 24.0 Å². The van der Waals surface area contributed by atoms with Crippen molar-refractivity contribution in [1.82, 2.24) is 4.90 Å². The summed E-state index contributed by atoms with van der Waals surface area (Å²) in [5.41, 5.74) is 8.20. The molecule has 1 aromatic carbocycles. The summed E-state index contributed by atoms with van der Waals surface area (Å²) in [4.78, 5) is 14.6. The molecule has 2 atom stereocenters. The molecule has 0 bridgehead atoms. The van der Waals surface area contributed by atoms with Gasteiger partial charge in [-0.2, -0.15) is 0 Å². The van der Waals surface area contributed by atoms with Crippen LogP contribution in [0, 0.1) is 12.8 Å². The fraction of sp³-hybridized carbons (Fsp3) is 0.533. The SMILES string of the molecule is CCC1CC(C)CN1C(=O)c1cc(N)ccc1C.Cl. The number of likely N-dealkylation sites (tertiary alicyclic amines) is 1. The molecule has 0 aromatic heterocycles. The van der Waals surface area contributed by atoms with Gasteiger partial charge in [-0.25, -0.2) is 0 Å². The van der Waals surface area contributed by atoms with Crippen LogP contribution in [0.15, 0.2) is 18.2 Å². The van der Waals surface area contributed by atoms with E-state index in [0.717, 1.165) is 30.5 Å². The molecule has 1 aromatic rings. The molecule has 0 radical (unpaired) electrons. The fourth-order valence-electron chi connectivity index (χ4n) is 2.81. The number of anilines is 1.